The van der Waals surface area contributed by atoms with Gasteiger partial charge in [0, 0.05) is 17.5 Å². The summed E-state index contributed by atoms with van der Waals surface area (Å²) in [6.45, 7) is 2.35. The molecule has 1 heterocycles. The van der Waals surface area contributed by atoms with E-state index in [0.29, 0.717) is 12.4 Å². The van der Waals surface area contributed by atoms with E-state index in [1.165, 1.54) is 0 Å². The lowest BCUT2D eigenvalue weighted by Gasteiger charge is -2.13. The predicted molar refractivity (Wildman–Crippen MR) is 76.4 cm³/mol. The molecule has 0 bridgehead atoms. The average Bonchev–Trinajstić information content (AvgIpc) is 3.15. The van der Waals surface area contributed by atoms with Crippen LogP contribution in [0.5, 0.6) is 0 Å². The summed E-state index contributed by atoms with van der Waals surface area (Å²) in [6, 6.07) is 9.91. The topological polar surface area (TPSA) is 55.1 Å². The minimum absolute atomic E-state index is 0.0521. The molecule has 0 saturated heterocycles. The summed E-state index contributed by atoms with van der Waals surface area (Å²) >= 11 is 0. The fourth-order valence-electron chi connectivity index (χ4n) is 2.44. The second-order valence-electron chi connectivity index (χ2n) is 5.39. The van der Waals surface area contributed by atoms with Gasteiger partial charge in [-0.1, -0.05) is 18.2 Å². The van der Waals surface area contributed by atoms with Gasteiger partial charge in [0.05, 0.1) is 12.2 Å². The summed E-state index contributed by atoms with van der Waals surface area (Å²) in [5.41, 5.74) is 2.03. The van der Waals surface area contributed by atoms with Gasteiger partial charge in [0.1, 0.15) is 12.0 Å². The van der Waals surface area contributed by atoms with Crippen molar-refractivity contribution in [3.8, 4) is 11.5 Å². The molecule has 1 fully saturated rings. The highest BCUT2D eigenvalue weighted by atomic mass is 16.4. The van der Waals surface area contributed by atoms with Crippen molar-refractivity contribution < 1.29 is 9.21 Å². The van der Waals surface area contributed by atoms with Crippen molar-refractivity contribution >= 4 is 6.29 Å². The molecule has 0 radical (unpaired) electrons. The highest BCUT2D eigenvalue weighted by Gasteiger charge is 2.43. The van der Waals surface area contributed by atoms with Crippen LogP contribution in [-0.4, -0.2) is 23.4 Å². The lowest BCUT2D eigenvalue weighted by atomic mass is 10.1. The second kappa shape index (κ2) is 5.21. The van der Waals surface area contributed by atoms with E-state index in [4.69, 9.17) is 4.42 Å². The number of aromatic nitrogens is 1. The molecule has 0 amide bonds. The predicted octanol–water partition coefficient (Wildman–Crippen LogP) is 2.51. The lowest BCUT2D eigenvalue weighted by molar-refractivity contribution is -0.107. The van der Waals surface area contributed by atoms with Crippen molar-refractivity contribution in [3.63, 3.8) is 0 Å². The van der Waals surface area contributed by atoms with Crippen molar-refractivity contribution in [2.75, 3.05) is 6.54 Å². The van der Waals surface area contributed by atoms with Crippen LogP contribution in [0, 0.1) is 6.92 Å². The first-order chi connectivity index (χ1) is 9.72. The van der Waals surface area contributed by atoms with Gasteiger partial charge in [-0.15, -0.1) is 0 Å². The van der Waals surface area contributed by atoms with Crippen LogP contribution in [0.4, 0.5) is 0 Å². The molecule has 20 heavy (non-hydrogen) atoms. The number of benzene rings is 1. The van der Waals surface area contributed by atoms with Gasteiger partial charge in [-0.3, -0.25) is 0 Å². The minimum atomic E-state index is 0.0521. The van der Waals surface area contributed by atoms with E-state index >= 15 is 0 Å². The van der Waals surface area contributed by atoms with E-state index in [0.717, 1.165) is 42.6 Å². The molecule has 2 aromatic rings. The van der Waals surface area contributed by atoms with Gasteiger partial charge in [0.25, 0.3) is 0 Å². The van der Waals surface area contributed by atoms with E-state index < -0.39 is 0 Å². The number of hydrogen-bond acceptors (Lipinski definition) is 4. The van der Waals surface area contributed by atoms with Gasteiger partial charge < -0.3 is 14.5 Å². The van der Waals surface area contributed by atoms with Crippen LogP contribution < -0.4 is 5.32 Å². The monoisotopic (exact) mass is 270 g/mol. The fourth-order valence-corrected chi connectivity index (χ4v) is 2.44. The van der Waals surface area contributed by atoms with Gasteiger partial charge >= 0.3 is 0 Å². The molecule has 0 aliphatic heterocycles. The summed E-state index contributed by atoms with van der Waals surface area (Å²) < 4.78 is 5.77. The van der Waals surface area contributed by atoms with Crippen LogP contribution in [0.1, 0.15) is 24.3 Å². The number of oxazole rings is 1. The number of carbonyl (C=O) groups excluding carboxylic acids is 1. The Morgan fingerprint density at radius 1 is 1.35 bits per heavy atom. The smallest absolute Gasteiger partial charge is 0.226 e. The zero-order valence-electron chi connectivity index (χ0n) is 11.6. The van der Waals surface area contributed by atoms with Crippen LogP contribution in [0.15, 0.2) is 34.7 Å². The van der Waals surface area contributed by atoms with Gasteiger partial charge in [-0.05, 0) is 31.9 Å². The van der Waals surface area contributed by atoms with Crippen LogP contribution >= 0.6 is 0 Å². The van der Waals surface area contributed by atoms with E-state index in [1.54, 1.807) is 0 Å². The third kappa shape index (κ3) is 2.65. The third-order valence-corrected chi connectivity index (χ3v) is 3.83. The third-order valence-electron chi connectivity index (χ3n) is 3.83. The Morgan fingerprint density at radius 3 is 2.75 bits per heavy atom. The Hall–Kier alpha value is -1.94. The fraction of sp³-hybridized carbons (Fsp3) is 0.375. The molecule has 1 N–H and O–H groups in total. The molecule has 0 unspecified atom stereocenters. The highest BCUT2D eigenvalue weighted by Crippen LogP contribution is 2.39. The number of hydrogen-bond donors (Lipinski definition) is 1. The number of carbonyl (C=O) groups is 1. The maximum absolute atomic E-state index is 10.5. The zero-order chi connectivity index (χ0) is 14.0. The highest BCUT2D eigenvalue weighted by molar-refractivity contribution is 5.53. The molecular formula is C16H18N2O2. The maximum Gasteiger partial charge on any atom is 0.226 e. The molecular weight excluding hydrogens is 252 g/mol. The second-order valence-corrected chi connectivity index (χ2v) is 5.39. The van der Waals surface area contributed by atoms with Crippen molar-refractivity contribution in [2.24, 2.45) is 0 Å². The summed E-state index contributed by atoms with van der Waals surface area (Å²) in [5.74, 6) is 1.53. The van der Waals surface area contributed by atoms with Crippen molar-refractivity contribution in [3.05, 3.63) is 41.8 Å². The minimum Gasteiger partial charge on any atom is -0.441 e. The maximum atomic E-state index is 10.5. The van der Waals surface area contributed by atoms with E-state index in [2.05, 4.69) is 10.3 Å². The molecule has 0 spiro atoms. The number of rotatable bonds is 6. The number of aryl methyl sites for hydroxylation is 1. The Kier molecular flexibility index (Phi) is 3.40. The first-order valence-electron chi connectivity index (χ1n) is 6.93. The first kappa shape index (κ1) is 13.1. The van der Waals surface area contributed by atoms with Gasteiger partial charge in [-0.25, -0.2) is 4.98 Å². The number of aldehydes is 1. The molecule has 1 aliphatic rings. The number of nitrogens with one attached hydrogen (secondary N) is 1. The van der Waals surface area contributed by atoms with Gasteiger partial charge in [0.2, 0.25) is 5.89 Å². The quantitative estimate of drug-likeness (QED) is 0.819. The normalized spacial score (nSPS) is 16.1. The molecule has 1 saturated carbocycles. The van der Waals surface area contributed by atoms with Crippen LogP contribution in [0.2, 0.25) is 0 Å². The van der Waals surface area contributed by atoms with Gasteiger partial charge in [0.15, 0.2) is 0 Å². The summed E-state index contributed by atoms with van der Waals surface area (Å²) in [7, 11) is 0. The SMILES string of the molecule is Cc1oc(-c2ccccc2)nc1CC1(NCC=O)CC1. The van der Waals surface area contributed by atoms with Crippen LogP contribution in [0.3, 0.4) is 0 Å². The number of nitrogens with zero attached hydrogens (tertiary/aromatic N) is 1. The molecule has 4 heteroatoms. The van der Waals surface area contributed by atoms with Crippen LogP contribution in [-0.2, 0) is 11.2 Å². The summed E-state index contributed by atoms with van der Waals surface area (Å²) in [4.78, 5) is 15.1. The molecule has 1 aromatic carbocycles. The van der Waals surface area contributed by atoms with E-state index in [-0.39, 0.29) is 5.54 Å². The van der Waals surface area contributed by atoms with E-state index in [9.17, 15) is 4.79 Å². The van der Waals surface area contributed by atoms with Crippen molar-refractivity contribution in [1.29, 1.82) is 0 Å². The Bertz CT molecular complexity index is 600. The largest absolute Gasteiger partial charge is 0.441 e. The van der Waals surface area contributed by atoms with Gasteiger partial charge in [-0.2, -0.15) is 0 Å². The lowest BCUT2D eigenvalue weighted by Crippen LogP contribution is -2.35. The molecule has 0 atom stereocenters. The molecule has 1 aromatic heterocycles. The Balaban J connectivity index is 1.78. The summed E-state index contributed by atoms with van der Waals surface area (Å²) in [6.07, 6.45) is 3.91. The average molecular weight is 270 g/mol. The molecule has 1 aliphatic carbocycles. The molecule has 104 valence electrons. The van der Waals surface area contributed by atoms with Crippen LogP contribution in [0.25, 0.3) is 11.5 Å². The molecule has 3 rings (SSSR count). The van der Waals surface area contributed by atoms with Crippen molar-refractivity contribution in [2.45, 2.75) is 31.7 Å². The van der Waals surface area contributed by atoms with E-state index in [1.807, 2.05) is 37.3 Å². The Morgan fingerprint density at radius 2 is 2.10 bits per heavy atom. The molecule has 4 nitrogen and oxygen atoms in total. The zero-order valence-corrected chi connectivity index (χ0v) is 11.6. The summed E-state index contributed by atoms with van der Waals surface area (Å²) in [5, 5.41) is 3.29. The van der Waals surface area contributed by atoms with Crippen molar-refractivity contribution in [1.82, 2.24) is 10.3 Å². The standard InChI is InChI=1S/C16H18N2O2/c1-12-14(11-16(7-8-16)17-9-10-19)18-15(20-12)13-5-3-2-4-6-13/h2-6,10,17H,7-9,11H2,1H3. The Labute approximate surface area is 118 Å². The first-order valence-corrected chi connectivity index (χ1v) is 6.93.